The predicted molar refractivity (Wildman–Crippen MR) is 227 cm³/mol. The van der Waals surface area contributed by atoms with Gasteiger partial charge in [0.05, 0.1) is 46.4 Å². The highest BCUT2D eigenvalue weighted by Gasteiger charge is 2.21. The van der Waals surface area contributed by atoms with Crippen molar-refractivity contribution >= 4 is 76.8 Å². The first kappa shape index (κ1) is 30.7. The van der Waals surface area contributed by atoms with Crippen LogP contribution in [0, 0.1) is 13.1 Å². The largest absolute Gasteiger partial charge is 0.312 e. The molecule has 55 heavy (non-hydrogen) atoms. The van der Waals surface area contributed by atoms with E-state index in [-0.39, 0.29) is 0 Å². The highest BCUT2D eigenvalue weighted by atomic mass is 15.1. The van der Waals surface area contributed by atoms with Crippen LogP contribution in [-0.2, 0) is 0 Å². The van der Waals surface area contributed by atoms with Crippen molar-refractivity contribution < 1.29 is 0 Å². The van der Waals surface area contributed by atoms with Gasteiger partial charge in [0.15, 0.2) is 11.4 Å². The molecule has 5 nitrogen and oxygen atoms in total. The van der Waals surface area contributed by atoms with E-state index in [1.807, 2.05) is 36.4 Å². The Morgan fingerprint density at radius 2 is 0.909 bits per heavy atom. The summed E-state index contributed by atoms with van der Waals surface area (Å²) < 4.78 is 6.99. The van der Waals surface area contributed by atoms with E-state index in [0.29, 0.717) is 11.4 Å². The smallest absolute Gasteiger partial charge is 0.197 e. The monoisotopic (exact) mass is 699 g/mol. The van der Waals surface area contributed by atoms with Crippen molar-refractivity contribution in [2.75, 3.05) is 0 Å². The summed E-state index contributed by atoms with van der Waals surface area (Å²) >= 11 is 0. The molecule has 3 heterocycles. The zero-order chi connectivity index (χ0) is 36.6. The summed E-state index contributed by atoms with van der Waals surface area (Å²) in [5.41, 5.74) is 12.7. The molecule has 0 saturated carbocycles. The summed E-state index contributed by atoms with van der Waals surface area (Å²) in [7, 11) is 0. The quantitative estimate of drug-likeness (QED) is 0.163. The van der Waals surface area contributed by atoms with Crippen molar-refractivity contribution in [3.05, 3.63) is 199 Å². The van der Waals surface area contributed by atoms with Crippen molar-refractivity contribution in [3.8, 4) is 28.2 Å². The molecule has 0 aliphatic heterocycles. The Hall–Kier alpha value is -7.86. The molecule has 0 spiro atoms. The first-order valence-electron chi connectivity index (χ1n) is 18.3. The molecular formula is C50H29N5. The summed E-state index contributed by atoms with van der Waals surface area (Å²) in [5.74, 6) is 0. The van der Waals surface area contributed by atoms with Crippen LogP contribution in [0.5, 0.6) is 0 Å². The van der Waals surface area contributed by atoms with Gasteiger partial charge in [-0.25, -0.2) is 9.69 Å². The number of benzene rings is 8. The highest BCUT2D eigenvalue weighted by Crippen LogP contribution is 2.42. The predicted octanol–water partition coefficient (Wildman–Crippen LogP) is 13.7. The normalized spacial score (nSPS) is 11.6. The second kappa shape index (κ2) is 11.8. The molecule has 0 amide bonds. The minimum absolute atomic E-state index is 0.552. The lowest BCUT2D eigenvalue weighted by Crippen LogP contribution is -2.01. The molecule has 11 rings (SSSR count). The number of rotatable bonds is 4. The van der Waals surface area contributed by atoms with Gasteiger partial charge in [0.1, 0.15) is 0 Å². The van der Waals surface area contributed by atoms with E-state index in [9.17, 15) is 0 Å². The molecule has 3 aromatic heterocycles. The highest BCUT2D eigenvalue weighted by molar-refractivity contribution is 6.16. The summed E-state index contributed by atoms with van der Waals surface area (Å²) in [4.78, 5) is 7.81. The number of hydrogen-bond acceptors (Lipinski definition) is 0. The number of fused-ring (bicyclic) bond motifs is 9. The third kappa shape index (κ3) is 4.45. The van der Waals surface area contributed by atoms with Crippen molar-refractivity contribution in [1.82, 2.24) is 13.7 Å². The molecule has 5 heteroatoms. The zero-order valence-electron chi connectivity index (χ0n) is 29.5. The maximum absolute atomic E-state index is 8.13. The Balaban J connectivity index is 1.16. The number of hydrogen-bond donors (Lipinski definition) is 0. The van der Waals surface area contributed by atoms with Crippen LogP contribution >= 0.6 is 0 Å². The van der Waals surface area contributed by atoms with E-state index in [0.717, 1.165) is 61.0 Å². The fourth-order valence-electron chi connectivity index (χ4n) is 8.78. The van der Waals surface area contributed by atoms with Crippen molar-refractivity contribution in [1.29, 1.82) is 0 Å². The molecule has 0 saturated heterocycles. The molecule has 8 aromatic carbocycles. The summed E-state index contributed by atoms with van der Waals surface area (Å²) in [6.07, 6.45) is 0. The van der Waals surface area contributed by atoms with Gasteiger partial charge in [0.25, 0.3) is 0 Å². The standard InChI is InChI=1S/C50H29N5/c1-51-34-28-33(30-36(31-34)53-46-25-10-6-19-41(46)49-42(52-2)21-13-26-47(49)53)32-14-11-15-35(29-32)54-43-22-7-5-18-39(43)40-20-12-27-48(50(40)54)55-44-23-8-3-16-37(44)38-17-4-9-24-45(38)55/h3-31H. The second-order valence-electron chi connectivity index (χ2n) is 13.9. The van der Waals surface area contributed by atoms with Crippen LogP contribution in [0.1, 0.15) is 0 Å². The van der Waals surface area contributed by atoms with Gasteiger partial charge in [-0.15, -0.1) is 0 Å². The molecule has 0 aliphatic rings. The van der Waals surface area contributed by atoms with Crippen molar-refractivity contribution in [2.24, 2.45) is 0 Å². The molecule has 254 valence electrons. The van der Waals surface area contributed by atoms with Crippen LogP contribution in [0.15, 0.2) is 176 Å². The summed E-state index contributed by atoms with van der Waals surface area (Å²) in [6.45, 7) is 16.0. The Morgan fingerprint density at radius 1 is 0.364 bits per heavy atom. The second-order valence-corrected chi connectivity index (χ2v) is 13.9. The van der Waals surface area contributed by atoms with Gasteiger partial charge < -0.3 is 13.7 Å². The number of para-hydroxylation sites is 5. The molecule has 0 aliphatic carbocycles. The van der Waals surface area contributed by atoms with E-state index in [1.54, 1.807) is 0 Å². The molecule has 11 aromatic rings. The molecule has 0 atom stereocenters. The lowest BCUT2D eigenvalue weighted by molar-refractivity contribution is 1.13. The number of nitrogens with zero attached hydrogens (tertiary/aromatic N) is 5. The Bertz CT molecular complexity index is 3420. The Kier molecular flexibility index (Phi) is 6.61. The third-order valence-electron chi connectivity index (χ3n) is 11.0. The van der Waals surface area contributed by atoms with E-state index in [4.69, 9.17) is 13.1 Å². The van der Waals surface area contributed by atoms with Crippen molar-refractivity contribution in [3.63, 3.8) is 0 Å². The summed E-state index contributed by atoms with van der Waals surface area (Å²) in [5, 5.41) is 6.77. The van der Waals surface area contributed by atoms with E-state index in [2.05, 4.69) is 163 Å². The minimum atomic E-state index is 0.552. The maximum Gasteiger partial charge on any atom is 0.197 e. The van der Waals surface area contributed by atoms with Crippen molar-refractivity contribution in [2.45, 2.75) is 0 Å². The van der Waals surface area contributed by atoms with Gasteiger partial charge in [-0.05, 0) is 83.2 Å². The SMILES string of the molecule is [C-]#[N+]c1cc(-c2cccc(-n3c4ccccc4c4cccc(-n5c6ccccc6c6ccccc65)c43)c2)cc(-n2c3ccccc3c3c([N+]#[C-])cccc32)c1. The van der Waals surface area contributed by atoms with E-state index >= 15 is 0 Å². The van der Waals surface area contributed by atoms with Crippen LogP contribution in [0.4, 0.5) is 11.4 Å². The van der Waals surface area contributed by atoms with Crippen LogP contribution in [0.2, 0.25) is 0 Å². The Morgan fingerprint density at radius 3 is 1.60 bits per heavy atom. The first-order chi connectivity index (χ1) is 27.2. The van der Waals surface area contributed by atoms with E-state index < -0.39 is 0 Å². The van der Waals surface area contributed by atoms with Crippen LogP contribution < -0.4 is 0 Å². The van der Waals surface area contributed by atoms with Crippen LogP contribution in [0.3, 0.4) is 0 Å². The van der Waals surface area contributed by atoms with E-state index in [1.165, 1.54) is 32.6 Å². The van der Waals surface area contributed by atoms with Crippen LogP contribution in [0.25, 0.3) is 103 Å². The van der Waals surface area contributed by atoms with Gasteiger partial charge in [0, 0.05) is 43.8 Å². The first-order valence-corrected chi connectivity index (χ1v) is 18.3. The van der Waals surface area contributed by atoms with Gasteiger partial charge in [-0.3, -0.25) is 0 Å². The molecule has 0 bridgehead atoms. The fourth-order valence-corrected chi connectivity index (χ4v) is 8.78. The zero-order valence-corrected chi connectivity index (χ0v) is 29.5. The lowest BCUT2D eigenvalue weighted by Gasteiger charge is -2.16. The fraction of sp³-hybridized carbons (Fsp3) is 0. The average Bonchev–Trinajstić information content (AvgIpc) is 3.89. The molecule has 0 N–H and O–H groups in total. The molecular weight excluding hydrogens is 671 g/mol. The van der Waals surface area contributed by atoms with Crippen LogP contribution in [-0.4, -0.2) is 13.7 Å². The molecule has 0 fully saturated rings. The number of aromatic nitrogens is 3. The van der Waals surface area contributed by atoms with Gasteiger partial charge in [-0.1, -0.05) is 109 Å². The average molecular weight is 700 g/mol. The lowest BCUT2D eigenvalue weighted by atomic mass is 10.0. The van der Waals surface area contributed by atoms with Gasteiger partial charge in [-0.2, -0.15) is 0 Å². The van der Waals surface area contributed by atoms with Gasteiger partial charge in [0.2, 0.25) is 0 Å². The maximum atomic E-state index is 8.13. The third-order valence-corrected chi connectivity index (χ3v) is 11.0. The minimum Gasteiger partial charge on any atom is -0.312 e. The topological polar surface area (TPSA) is 23.5 Å². The molecule has 0 radical (unpaired) electrons. The Labute approximate surface area is 316 Å². The summed E-state index contributed by atoms with van der Waals surface area (Å²) in [6, 6.07) is 61.4. The van der Waals surface area contributed by atoms with Gasteiger partial charge >= 0.3 is 0 Å². The molecule has 0 unspecified atom stereocenters.